The Morgan fingerprint density at radius 3 is 2.55 bits per heavy atom. The first-order valence-corrected chi connectivity index (χ1v) is 8.76. The fourth-order valence-electron chi connectivity index (χ4n) is 1.77. The highest BCUT2D eigenvalue weighted by atomic mass is 127. The van der Waals surface area contributed by atoms with Gasteiger partial charge in [-0.25, -0.2) is 4.79 Å². The van der Waals surface area contributed by atoms with Crippen LogP contribution in [0.1, 0.15) is 10.4 Å². The smallest absolute Gasteiger partial charge is 0.339 e. The third-order valence-corrected chi connectivity index (χ3v) is 4.55. The van der Waals surface area contributed by atoms with Gasteiger partial charge in [-0.3, -0.25) is 4.79 Å². The van der Waals surface area contributed by atoms with Gasteiger partial charge in [0.2, 0.25) is 0 Å². The number of rotatable bonds is 5. The van der Waals surface area contributed by atoms with Crippen molar-refractivity contribution in [2.24, 2.45) is 0 Å². The fraction of sp³-hybridized carbons (Fsp3) is 0.125. The Hall–Kier alpha value is -1.54. The normalized spacial score (nSPS) is 10.1. The zero-order chi connectivity index (χ0) is 15.9. The van der Waals surface area contributed by atoms with E-state index in [9.17, 15) is 9.59 Å². The van der Waals surface area contributed by atoms with Gasteiger partial charge in [0.25, 0.3) is 5.91 Å². The maximum Gasteiger partial charge on any atom is 0.339 e. The summed E-state index contributed by atoms with van der Waals surface area (Å²) in [5.74, 6) is -0.862. The van der Waals surface area contributed by atoms with Gasteiger partial charge in [0, 0.05) is 8.47 Å². The van der Waals surface area contributed by atoms with Gasteiger partial charge >= 0.3 is 5.97 Å². The maximum atomic E-state index is 11.9. The van der Waals surface area contributed by atoms with Crippen molar-refractivity contribution in [1.29, 1.82) is 0 Å². The van der Waals surface area contributed by atoms with Gasteiger partial charge in [-0.2, -0.15) is 0 Å². The first-order valence-electron chi connectivity index (χ1n) is 6.46. The molecular formula is C16H14INO3S. The molecule has 0 unspecified atom stereocenters. The largest absolute Gasteiger partial charge is 0.452 e. The Bertz CT molecular complexity index is 691. The second-order valence-corrected chi connectivity index (χ2v) is 6.31. The molecule has 0 bridgehead atoms. The number of anilines is 1. The van der Waals surface area contributed by atoms with Crippen LogP contribution in [0.4, 0.5) is 5.69 Å². The minimum Gasteiger partial charge on any atom is -0.452 e. The van der Waals surface area contributed by atoms with Crippen molar-refractivity contribution >= 4 is 51.9 Å². The third-order valence-electron chi connectivity index (χ3n) is 2.81. The average molecular weight is 427 g/mol. The molecule has 1 amide bonds. The highest BCUT2D eigenvalue weighted by Gasteiger charge is 2.13. The number of carbonyl (C=O) groups excluding carboxylic acids is 2. The molecule has 2 rings (SSSR count). The average Bonchev–Trinajstić information content (AvgIpc) is 2.53. The predicted molar refractivity (Wildman–Crippen MR) is 96.3 cm³/mol. The summed E-state index contributed by atoms with van der Waals surface area (Å²) in [4.78, 5) is 24.8. The highest BCUT2D eigenvalue weighted by Crippen LogP contribution is 2.24. The lowest BCUT2D eigenvalue weighted by Crippen LogP contribution is -2.21. The summed E-state index contributed by atoms with van der Waals surface area (Å²) in [6, 6.07) is 14.5. The van der Waals surface area contributed by atoms with Crippen molar-refractivity contribution in [2.75, 3.05) is 18.2 Å². The molecule has 2 aromatic carbocycles. The SMILES string of the molecule is CSc1ccccc1NC(=O)COC(=O)c1ccccc1I. The second-order valence-electron chi connectivity index (χ2n) is 4.30. The van der Waals surface area contributed by atoms with Crippen molar-refractivity contribution in [3.63, 3.8) is 0 Å². The van der Waals surface area contributed by atoms with Gasteiger partial charge in [0.05, 0.1) is 11.3 Å². The Balaban J connectivity index is 1.93. The first kappa shape index (κ1) is 16.8. The number of para-hydroxylation sites is 1. The Morgan fingerprint density at radius 2 is 1.82 bits per heavy atom. The predicted octanol–water partition coefficient (Wildman–Crippen LogP) is 3.81. The van der Waals surface area contributed by atoms with Crippen LogP contribution in [0.15, 0.2) is 53.4 Å². The lowest BCUT2D eigenvalue weighted by Gasteiger charge is -2.10. The molecule has 4 nitrogen and oxygen atoms in total. The van der Waals surface area contributed by atoms with Crippen LogP contribution in [0.2, 0.25) is 0 Å². The van der Waals surface area contributed by atoms with Crippen LogP contribution in [0.5, 0.6) is 0 Å². The number of nitrogens with one attached hydrogen (secondary N) is 1. The first-order chi connectivity index (χ1) is 10.6. The van der Waals surface area contributed by atoms with Crippen LogP contribution in [-0.2, 0) is 9.53 Å². The molecule has 2 aromatic rings. The summed E-state index contributed by atoms with van der Waals surface area (Å²) in [5.41, 5.74) is 1.17. The van der Waals surface area contributed by atoms with E-state index in [1.54, 1.807) is 12.1 Å². The quantitative estimate of drug-likeness (QED) is 0.448. The molecule has 0 aliphatic heterocycles. The highest BCUT2D eigenvalue weighted by molar-refractivity contribution is 14.1. The van der Waals surface area contributed by atoms with E-state index in [0.717, 1.165) is 8.47 Å². The topological polar surface area (TPSA) is 55.4 Å². The molecule has 22 heavy (non-hydrogen) atoms. The van der Waals surface area contributed by atoms with Gasteiger partial charge in [-0.1, -0.05) is 24.3 Å². The van der Waals surface area contributed by atoms with E-state index < -0.39 is 5.97 Å². The molecular weight excluding hydrogens is 413 g/mol. The van der Waals surface area contributed by atoms with Crippen molar-refractivity contribution in [3.8, 4) is 0 Å². The number of amides is 1. The van der Waals surface area contributed by atoms with Crippen molar-refractivity contribution < 1.29 is 14.3 Å². The molecule has 114 valence electrons. The van der Waals surface area contributed by atoms with E-state index in [0.29, 0.717) is 11.3 Å². The summed E-state index contributed by atoms with van der Waals surface area (Å²) in [5, 5.41) is 2.74. The third kappa shape index (κ3) is 4.48. The lowest BCUT2D eigenvalue weighted by atomic mass is 10.2. The van der Waals surface area contributed by atoms with Crippen molar-refractivity contribution in [3.05, 3.63) is 57.7 Å². The molecule has 0 spiro atoms. The molecule has 0 aromatic heterocycles. The number of benzene rings is 2. The van der Waals surface area contributed by atoms with Crippen molar-refractivity contribution in [2.45, 2.75) is 4.90 Å². The van der Waals surface area contributed by atoms with Crippen LogP contribution in [-0.4, -0.2) is 24.7 Å². The number of ether oxygens (including phenoxy) is 1. The maximum absolute atomic E-state index is 11.9. The Labute approximate surface area is 146 Å². The number of esters is 1. The van der Waals surface area contributed by atoms with Crippen LogP contribution >= 0.6 is 34.4 Å². The molecule has 0 saturated carbocycles. The van der Waals surface area contributed by atoms with Crippen molar-refractivity contribution in [1.82, 2.24) is 0 Å². The van der Waals surface area contributed by atoms with E-state index in [1.165, 1.54) is 11.8 Å². The lowest BCUT2D eigenvalue weighted by molar-refractivity contribution is -0.119. The van der Waals surface area contributed by atoms with Gasteiger partial charge in [-0.15, -0.1) is 11.8 Å². The van der Waals surface area contributed by atoms with E-state index in [-0.39, 0.29) is 12.5 Å². The summed E-state index contributed by atoms with van der Waals surface area (Å²) >= 11 is 3.59. The summed E-state index contributed by atoms with van der Waals surface area (Å²) in [6.07, 6.45) is 1.93. The van der Waals surface area contributed by atoms with Crippen LogP contribution < -0.4 is 5.32 Å². The molecule has 0 fully saturated rings. The van der Waals surface area contributed by atoms with Gasteiger partial charge < -0.3 is 10.1 Å². The zero-order valence-corrected chi connectivity index (χ0v) is 14.8. The molecule has 0 aliphatic rings. The van der Waals surface area contributed by atoms with Gasteiger partial charge in [0.1, 0.15) is 0 Å². The van der Waals surface area contributed by atoms with Crippen LogP contribution in [0.25, 0.3) is 0 Å². The minimum atomic E-state index is -0.502. The number of carbonyl (C=O) groups is 2. The Morgan fingerprint density at radius 1 is 1.14 bits per heavy atom. The van der Waals surface area contributed by atoms with Gasteiger partial charge in [-0.05, 0) is 53.1 Å². The monoisotopic (exact) mass is 427 g/mol. The van der Waals surface area contributed by atoms with E-state index in [1.807, 2.05) is 42.7 Å². The summed E-state index contributed by atoms with van der Waals surface area (Å²) in [7, 11) is 0. The molecule has 0 atom stereocenters. The standard InChI is InChI=1S/C16H14INO3S/c1-22-14-9-5-4-8-13(14)18-15(19)10-21-16(20)11-6-2-3-7-12(11)17/h2-9H,10H2,1H3,(H,18,19). The summed E-state index contributed by atoms with van der Waals surface area (Å²) < 4.78 is 5.84. The molecule has 6 heteroatoms. The fourth-order valence-corrected chi connectivity index (χ4v) is 2.93. The Kier molecular flexibility index (Phi) is 6.26. The minimum absolute atomic E-state index is 0.313. The van der Waals surface area contributed by atoms with E-state index in [4.69, 9.17) is 4.74 Å². The van der Waals surface area contributed by atoms with Crippen LogP contribution in [0, 0.1) is 3.57 Å². The zero-order valence-electron chi connectivity index (χ0n) is 11.8. The number of thioether (sulfide) groups is 1. The van der Waals surface area contributed by atoms with Crippen LogP contribution in [0.3, 0.4) is 0 Å². The number of hydrogen-bond acceptors (Lipinski definition) is 4. The molecule has 0 aliphatic carbocycles. The van der Waals surface area contributed by atoms with E-state index >= 15 is 0 Å². The summed E-state index contributed by atoms with van der Waals surface area (Å²) in [6.45, 7) is -0.313. The van der Waals surface area contributed by atoms with Gasteiger partial charge in [0.15, 0.2) is 6.61 Å². The number of halogens is 1. The van der Waals surface area contributed by atoms with E-state index in [2.05, 4.69) is 27.9 Å². The molecule has 0 saturated heterocycles. The second kappa shape index (κ2) is 8.19. The molecule has 0 radical (unpaired) electrons. The molecule has 1 N–H and O–H groups in total. The number of hydrogen-bond donors (Lipinski definition) is 1. The molecule has 0 heterocycles.